The number of hydrogen-bond acceptors (Lipinski definition) is 3. The van der Waals surface area contributed by atoms with E-state index in [2.05, 4.69) is 41.5 Å². The van der Waals surface area contributed by atoms with Crippen molar-refractivity contribution in [3.63, 3.8) is 0 Å². The van der Waals surface area contributed by atoms with Gasteiger partial charge in [-0.25, -0.2) is 0 Å². The van der Waals surface area contributed by atoms with Crippen LogP contribution in [0, 0.1) is 27.7 Å². The van der Waals surface area contributed by atoms with Gasteiger partial charge in [0.2, 0.25) is 18.2 Å². The zero-order valence-electron chi connectivity index (χ0n) is 23.4. The summed E-state index contributed by atoms with van der Waals surface area (Å²) in [5, 5.41) is 0.275. The van der Waals surface area contributed by atoms with E-state index in [0.717, 1.165) is 33.4 Å². The molecule has 0 saturated heterocycles. The third-order valence-corrected chi connectivity index (χ3v) is 9.53. The molecule has 0 amide bonds. The predicted molar refractivity (Wildman–Crippen MR) is 152 cm³/mol. The van der Waals surface area contributed by atoms with Gasteiger partial charge in [-0.1, -0.05) is 96.1 Å². The van der Waals surface area contributed by atoms with Crippen molar-refractivity contribution in [2.75, 3.05) is 0 Å². The van der Waals surface area contributed by atoms with Gasteiger partial charge in [-0.05, 0) is 71.9 Å². The van der Waals surface area contributed by atoms with Crippen LogP contribution >= 0.6 is 7.14 Å². The average molecular weight is 503 g/mol. The first-order valence-electron chi connectivity index (χ1n) is 12.5. The molecule has 0 aliphatic rings. The van der Waals surface area contributed by atoms with E-state index in [4.69, 9.17) is 0 Å². The molecule has 0 aromatic heterocycles. The summed E-state index contributed by atoms with van der Waals surface area (Å²) in [5.41, 5.74) is 4.54. The van der Waals surface area contributed by atoms with E-state index in [9.17, 15) is 14.2 Å². The first-order chi connectivity index (χ1) is 16.5. The van der Waals surface area contributed by atoms with Gasteiger partial charge in [0.1, 0.15) is 0 Å². The second-order valence-electron chi connectivity index (χ2n) is 12.0. The molecule has 0 aliphatic carbocycles. The van der Waals surface area contributed by atoms with Gasteiger partial charge in [0.05, 0.1) is 0 Å². The quantitative estimate of drug-likeness (QED) is 0.331. The van der Waals surface area contributed by atoms with Crippen molar-refractivity contribution >= 4 is 23.5 Å². The number of hydrogen-bond donors (Lipinski definition) is 0. The first-order valence-corrected chi connectivity index (χ1v) is 14.2. The second kappa shape index (κ2) is 9.60. The molecule has 3 aromatic carbocycles. The van der Waals surface area contributed by atoms with E-state index in [1.54, 1.807) is 30.3 Å². The van der Waals surface area contributed by atoms with E-state index < -0.39 is 18.2 Å². The highest BCUT2D eigenvalue weighted by Crippen LogP contribution is 2.53. The maximum Gasteiger partial charge on any atom is 0.248 e. The highest BCUT2D eigenvalue weighted by atomic mass is 31.2. The van der Waals surface area contributed by atoms with Gasteiger partial charge >= 0.3 is 0 Å². The monoisotopic (exact) mass is 502 g/mol. The lowest BCUT2D eigenvalue weighted by atomic mass is 9.84. The van der Waals surface area contributed by atoms with Crippen molar-refractivity contribution in [1.82, 2.24) is 0 Å². The maximum atomic E-state index is 14.9. The van der Waals surface area contributed by atoms with Crippen molar-refractivity contribution < 1.29 is 14.2 Å². The molecule has 36 heavy (non-hydrogen) atoms. The Balaban J connectivity index is 2.28. The predicted octanol–water partition coefficient (Wildman–Crippen LogP) is 8.18. The lowest BCUT2D eigenvalue weighted by Crippen LogP contribution is -2.24. The van der Waals surface area contributed by atoms with Gasteiger partial charge in [0, 0.05) is 16.4 Å². The van der Waals surface area contributed by atoms with Crippen LogP contribution < -0.4 is 5.30 Å². The fourth-order valence-corrected chi connectivity index (χ4v) is 7.33. The van der Waals surface area contributed by atoms with Crippen LogP contribution in [0.4, 0.5) is 0 Å². The molecule has 0 fully saturated rings. The van der Waals surface area contributed by atoms with Crippen LogP contribution in [0.25, 0.3) is 0 Å². The Hall–Kier alpha value is -2.77. The Bertz CT molecular complexity index is 1250. The molecule has 0 radical (unpaired) electrons. The third-order valence-electron chi connectivity index (χ3n) is 6.92. The van der Waals surface area contributed by atoms with Crippen molar-refractivity contribution in [2.45, 2.75) is 80.1 Å². The number of benzene rings is 3. The van der Waals surface area contributed by atoms with Gasteiger partial charge in [0.15, 0.2) is 0 Å². The van der Waals surface area contributed by atoms with E-state index in [1.807, 2.05) is 52.0 Å². The molecule has 3 aromatic rings. The molecule has 4 heteroatoms. The summed E-state index contributed by atoms with van der Waals surface area (Å²) < 4.78 is 14.9. The summed E-state index contributed by atoms with van der Waals surface area (Å²) in [5.74, 6) is 0. The zero-order valence-corrected chi connectivity index (χ0v) is 24.3. The zero-order chi connectivity index (χ0) is 27.2. The molecule has 0 saturated carbocycles. The van der Waals surface area contributed by atoms with Gasteiger partial charge < -0.3 is 4.57 Å². The molecule has 0 N–H and O–H groups in total. The minimum atomic E-state index is -4.19. The summed E-state index contributed by atoms with van der Waals surface area (Å²) in [7, 11) is -4.19. The van der Waals surface area contributed by atoms with Crippen molar-refractivity contribution in [2.24, 2.45) is 0 Å². The Labute approximate surface area is 216 Å². The molecule has 0 unspecified atom stereocenters. The van der Waals surface area contributed by atoms with Crippen LogP contribution in [0.15, 0.2) is 54.6 Å². The van der Waals surface area contributed by atoms with Crippen LogP contribution in [0.2, 0.25) is 0 Å². The average Bonchev–Trinajstić information content (AvgIpc) is 2.76. The third kappa shape index (κ3) is 5.04. The lowest BCUT2D eigenvalue weighted by Gasteiger charge is -2.25. The number of carbonyl (C=O) groups excluding carboxylic acids is 2. The molecule has 0 atom stereocenters. The summed E-state index contributed by atoms with van der Waals surface area (Å²) in [4.78, 5) is 28.5. The highest BCUT2D eigenvalue weighted by molar-refractivity contribution is 8.01. The first kappa shape index (κ1) is 27.8. The molecular formula is C32H39O3P. The summed E-state index contributed by atoms with van der Waals surface area (Å²) >= 11 is 0. The minimum absolute atomic E-state index is 0.0981. The van der Waals surface area contributed by atoms with Gasteiger partial charge in [-0.2, -0.15) is 0 Å². The van der Waals surface area contributed by atoms with Crippen molar-refractivity contribution in [1.29, 1.82) is 0 Å². The van der Waals surface area contributed by atoms with E-state index in [1.165, 1.54) is 0 Å². The molecule has 0 aliphatic heterocycles. The van der Waals surface area contributed by atoms with Crippen molar-refractivity contribution in [3.8, 4) is 0 Å². The fraction of sp³-hybridized carbons (Fsp3) is 0.375. The van der Waals surface area contributed by atoms with Crippen LogP contribution in [0.5, 0.6) is 0 Å². The maximum absolute atomic E-state index is 14.9. The standard InChI is InChI=1S/C32H39O3P/c1-20-16-24(31(5,6)7)17-21(2)27(20)29(33)36(35,26-14-12-11-13-15-26)30(34)28-22(3)18-25(19-23(28)4)32(8,9)10/h11-19H,1-10H3. The molecule has 0 bridgehead atoms. The largest absolute Gasteiger partial charge is 0.302 e. The van der Waals surface area contributed by atoms with Crippen LogP contribution in [-0.2, 0) is 15.4 Å². The highest BCUT2D eigenvalue weighted by Gasteiger charge is 2.45. The summed E-state index contributed by atoms with van der Waals surface area (Å²) in [6.07, 6.45) is 0. The van der Waals surface area contributed by atoms with Gasteiger partial charge in [0.25, 0.3) is 0 Å². The van der Waals surface area contributed by atoms with E-state index in [-0.39, 0.29) is 16.1 Å². The molecule has 3 nitrogen and oxygen atoms in total. The van der Waals surface area contributed by atoms with Gasteiger partial charge in [-0.3, -0.25) is 9.59 Å². The Morgan fingerprint density at radius 1 is 0.583 bits per heavy atom. The van der Waals surface area contributed by atoms with Crippen LogP contribution in [-0.4, -0.2) is 11.0 Å². The number of aryl methyl sites for hydroxylation is 4. The van der Waals surface area contributed by atoms with Gasteiger partial charge in [-0.15, -0.1) is 0 Å². The number of carbonyl (C=O) groups is 2. The number of rotatable bonds is 5. The minimum Gasteiger partial charge on any atom is -0.302 e. The van der Waals surface area contributed by atoms with E-state index in [0.29, 0.717) is 11.1 Å². The fourth-order valence-electron chi connectivity index (χ4n) is 4.75. The Kier molecular flexibility index (Phi) is 7.41. The molecular weight excluding hydrogens is 463 g/mol. The normalized spacial score (nSPS) is 12.5. The molecule has 0 spiro atoms. The summed E-state index contributed by atoms with van der Waals surface area (Å²) in [6.45, 7) is 20.2. The smallest absolute Gasteiger partial charge is 0.248 e. The topological polar surface area (TPSA) is 51.2 Å². The second-order valence-corrected chi connectivity index (χ2v) is 14.6. The SMILES string of the molecule is Cc1cc(C(C)(C)C)cc(C)c1C(=O)P(=O)(C(=O)c1c(C)cc(C(C)(C)C)cc1C)c1ccccc1. The molecule has 0 heterocycles. The van der Waals surface area contributed by atoms with Crippen LogP contribution in [0.1, 0.15) is 95.6 Å². The Morgan fingerprint density at radius 2 is 0.889 bits per heavy atom. The Morgan fingerprint density at radius 3 is 1.17 bits per heavy atom. The molecule has 190 valence electrons. The van der Waals surface area contributed by atoms with Crippen LogP contribution in [0.3, 0.4) is 0 Å². The summed E-state index contributed by atoms with van der Waals surface area (Å²) in [6, 6.07) is 16.5. The molecule has 3 rings (SSSR count). The van der Waals surface area contributed by atoms with Crippen molar-refractivity contribution in [3.05, 3.63) is 99.1 Å². The lowest BCUT2D eigenvalue weighted by molar-refractivity contribution is 0.104. The van der Waals surface area contributed by atoms with E-state index >= 15 is 0 Å².